The van der Waals surface area contributed by atoms with Gasteiger partial charge in [-0.25, -0.2) is 4.79 Å². The van der Waals surface area contributed by atoms with Crippen molar-refractivity contribution < 1.29 is 14.6 Å². The van der Waals surface area contributed by atoms with Crippen molar-refractivity contribution >= 4 is 22.9 Å². The molecule has 0 fully saturated rings. The van der Waals surface area contributed by atoms with Crippen LogP contribution in [0, 0.1) is 6.92 Å². The minimum absolute atomic E-state index is 0.786. The molecule has 0 atom stereocenters. The Balaban J connectivity index is 2.53. The van der Waals surface area contributed by atoms with Crippen molar-refractivity contribution in [1.29, 1.82) is 0 Å². The van der Waals surface area contributed by atoms with Crippen LogP contribution in [0.2, 0.25) is 0 Å². The lowest BCUT2D eigenvalue weighted by Crippen LogP contribution is -1.86. The first-order chi connectivity index (χ1) is 8.11. The third kappa shape index (κ3) is 2.15. The highest BCUT2D eigenvalue weighted by molar-refractivity contribution is 5.91. The number of hydrogen-bond donors (Lipinski definition) is 2. The second kappa shape index (κ2) is 4.33. The van der Waals surface area contributed by atoms with Crippen molar-refractivity contribution in [2.45, 2.75) is 6.92 Å². The van der Waals surface area contributed by atoms with E-state index in [1.54, 1.807) is 13.2 Å². The molecular weight excluding hydrogens is 218 g/mol. The van der Waals surface area contributed by atoms with E-state index in [4.69, 9.17) is 9.84 Å². The Hall–Kier alpha value is -2.23. The van der Waals surface area contributed by atoms with Crippen LogP contribution in [0.25, 0.3) is 17.0 Å². The zero-order valence-electron chi connectivity index (χ0n) is 9.65. The quantitative estimate of drug-likeness (QED) is 0.798. The minimum Gasteiger partial charge on any atom is -0.497 e. The van der Waals surface area contributed by atoms with Gasteiger partial charge in [0.25, 0.3) is 0 Å². The number of aromatic amines is 1. The summed E-state index contributed by atoms with van der Waals surface area (Å²) < 4.78 is 5.16. The third-order valence-corrected chi connectivity index (χ3v) is 2.70. The first-order valence-electron chi connectivity index (χ1n) is 5.19. The maximum atomic E-state index is 10.5. The summed E-state index contributed by atoms with van der Waals surface area (Å²) in [5.41, 5.74) is 2.78. The van der Waals surface area contributed by atoms with Gasteiger partial charge in [0, 0.05) is 22.7 Å². The van der Waals surface area contributed by atoms with Gasteiger partial charge < -0.3 is 14.8 Å². The number of rotatable bonds is 3. The molecule has 0 unspecified atom stereocenters. The lowest BCUT2D eigenvalue weighted by molar-refractivity contribution is -0.131. The Kier molecular flexibility index (Phi) is 2.87. The van der Waals surface area contributed by atoms with E-state index in [2.05, 4.69) is 4.98 Å². The van der Waals surface area contributed by atoms with Crippen molar-refractivity contribution in [2.24, 2.45) is 0 Å². The summed E-state index contributed by atoms with van der Waals surface area (Å²) in [6.07, 6.45) is 2.68. The second-order valence-corrected chi connectivity index (χ2v) is 3.75. The van der Waals surface area contributed by atoms with Gasteiger partial charge in [-0.2, -0.15) is 0 Å². The van der Waals surface area contributed by atoms with Crippen LogP contribution in [0.1, 0.15) is 11.3 Å². The van der Waals surface area contributed by atoms with Crippen molar-refractivity contribution in [2.75, 3.05) is 7.11 Å². The monoisotopic (exact) mass is 231 g/mol. The summed E-state index contributed by atoms with van der Waals surface area (Å²) in [6.45, 7) is 1.94. The average Bonchev–Trinajstić information content (AvgIpc) is 2.63. The SMILES string of the molecule is COc1ccc2[nH]c(/C=C/C(=O)O)c(C)c2c1. The van der Waals surface area contributed by atoms with E-state index in [1.807, 2.05) is 25.1 Å². The van der Waals surface area contributed by atoms with Gasteiger partial charge in [0.1, 0.15) is 5.75 Å². The molecular formula is C13H13NO3. The minimum atomic E-state index is -0.958. The molecule has 0 radical (unpaired) electrons. The Morgan fingerprint density at radius 2 is 2.24 bits per heavy atom. The number of aliphatic carboxylic acids is 1. The van der Waals surface area contributed by atoms with Gasteiger partial charge in [-0.15, -0.1) is 0 Å². The third-order valence-electron chi connectivity index (χ3n) is 2.70. The van der Waals surface area contributed by atoms with Gasteiger partial charge in [0.2, 0.25) is 0 Å². The van der Waals surface area contributed by atoms with Crippen LogP contribution in [0.15, 0.2) is 24.3 Å². The normalized spacial score (nSPS) is 11.2. The molecule has 0 amide bonds. The number of benzene rings is 1. The largest absolute Gasteiger partial charge is 0.497 e. The maximum absolute atomic E-state index is 10.5. The van der Waals surface area contributed by atoms with Crippen LogP contribution in [0.4, 0.5) is 0 Å². The molecule has 0 aliphatic rings. The highest BCUT2D eigenvalue weighted by atomic mass is 16.5. The molecule has 0 spiro atoms. The molecule has 1 heterocycles. The first-order valence-corrected chi connectivity index (χ1v) is 5.19. The molecule has 88 valence electrons. The second-order valence-electron chi connectivity index (χ2n) is 3.75. The van der Waals surface area contributed by atoms with Gasteiger partial charge in [0.15, 0.2) is 0 Å². The molecule has 2 aromatic rings. The molecule has 0 saturated carbocycles. The molecule has 4 nitrogen and oxygen atoms in total. The number of carbonyl (C=O) groups is 1. The van der Waals surface area contributed by atoms with Crippen LogP contribution in [0.3, 0.4) is 0 Å². The molecule has 0 bridgehead atoms. The van der Waals surface area contributed by atoms with E-state index in [1.165, 1.54) is 0 Å². The molecule has 1 aromatic heterocycles. The average molecular weight is 231 g/mol. The van der Waals surface area contributed by atoms with E-state index >= 15 is 0 Å². The topological polar surface area (TPSA) is 62.3 Å². The van der Waals surface area contributed by atoms with E-state index in [-0.39, 0.29) is 0 Å². The highest BCUT2D eigenvalue weighted by Crippen LogP contribution is 2.26. The number of nitrogens with one attached hydrogen (secondary N) is 1. The van der Waals surface area contributed by atoms with Crippen molar-refractivity contribution in [1.82, 2.24) is 4.98 Å². The fourth-order valence-corrected chi connectivity index (χ4v) is 1.77. The maximum Gasteiger partial charge on any atom is 0.328 e. The van der Waals surface area contributed by atoms with Gasteiger partial charge in [-0.3, -0.25) is 0 Å². The number of aromatic nitrogens is 1. The highest BCUT2D eigenvalue weighted by Gasteiger charge is 2.06. The number of carboxylic acid groups (broad SMARTS) is 1. The molecule has 4 heteroatoms. The van der Waals surface area contributed by atoms with Crippen molar-refractivity contribution in [3.63, 3.8) is 0 Å². The summed E-state index contributed by atoms with van der Waals surface area (Å²) in [5.74, 6) is -0.172. The molecule has 1 aromatic carbocycles. The molecule has 17 heavy (non-hydrogen) atoms. The number of methoxy groups -OCH3 is 1. The van der Waals surface area contributed by atoms with E-state index in [9.17, 15) is 4.79 Å². The van der Waals surface area contributed by atoms with Crippen LogP contribution in [-0.2, 0) is 4.79 Å². The number of ether oxygens (including phenoxy) is 1. The predicted molar refractivity (Wildman–Crippen MR) is 66.3 cm³/mol. The summed E-state index contributed by atoms with van der Waals surface area (Å²) in [7, 11) is 1.62. The van der Waals surface area contributed by atoms with Crippen molar-refractivity contribution in [3.05, 3.63) is 35.5 Å². The molecule has 2 N–H and O–H groups in total. The Bertz CT molecular complexity index is 596. The smallest absolute Gasteiger partial charge is 0.328 e. The van der Waals surface area contributed by atoms with Gasteiger partial charge in [0.05, 0.1) is 7.11 Å². The number of H-pyrrole nitrogens is 1. The van der Waals surface area contributed by atoms with Crippen LogP contribution in [0.5, 0.6) is 5.75 Å². The van der Waals surface area contributed by atoms with Crippen LogP contribution < -0.4 is 4.74 Å². The number of aryl methyl sites for hydroxylation is 1. The summed E-state index contributed by atoms with van der Waals surface area (Å²) in [6, 6.07) is 5.71. The molecule has 0 aliphatic carbocycles. The number of fused-ring (bicyclic) bond motifs is 1. The fraction of sp³-hybridized carbons (Fsp3) is 0.154. The Morgan fingerprint density at radius 1 is 1.47 bits per heavy atom. The van der Waals surface area contributed by atoms with Crippen LogP contribution >= 0.6 is 0 Å². The molecule has 0 saturated heterocycles. The van der Waals surface area contributed by atoms with E-state index in [0.29, 0.717) is 0 Å². The molecule has 0 aliphatic heterocycles. The van der Waals surface area contributed by atoms with Crippen molar-refractivity contribution in [3.8, 4) is 5.75 Å². The first kappa shape index (κ1) is 11.3. The summed E-state index contributed by atoms with van der Waals surface area (Å²) in [4.78, 5) is 13.6. The van der Waals surface area contributed by atoms with Gasteiger partial charge in [-0.1, -0.05) is 0 Å². The predicted octanol–water partition coefficient (Wildman–Crippen LogP) is 2.58. The molecule has 2 rings (SSSR count). The Morgan fingerprint density at radius 3 is 2.88 bits per heavy atom. The van der Waals surface area contributed by atoms with E-state index < -0.39 is 5.97 Å². The Labute approximate surface area is 98.5 Å². The van der Waals surface area contributed by atoms with Crippen LogP contribution in [-0.4, -0.2) is 23.2 Å². The van der Waals surface area contributed by atoms with Gasteiger partial charge >= 0.3 is 5.97 Å². The standard InChI is InChI=1S/C13H13NO3/c1-8-10-7-9(17-2)3-4-12(10)14-11(8)5-6-13(15)16/h3-7,14H,1-2H3,(H,15,16)/b6-5+. The zero-order chi connectivity index (χ0) is 12.4. The van der Waals surface area contributed by atoms with Gasteiger partial charge in [-0.05, 0) is 36.8 Å². The van der Waals surface area contributed by atoms with E-state index in [0.717, 1.165) is 34.0 Å². The fourth-order valence-electron chi connectivity index (χ4n) is 1.77. The number of hydrogen-bond acceptors (Lipinski definition) is 2. The summed E-state index contributed by atoms with van der Waals surface area (Å²) >= 11 is 0. The summed E-state index contributed by atoms with van der Waals surface area (Å²) in [5, 5.41) is 9.64. The lowest BCUT2D eigenvalue weighted by Gasteiger charge is -1.98. The zero-order valence-corrected chi connectivity index (χ0v) is 9.65. The number of carboxylic acids is 1. The lowest BCUT2D eigenvalue weighted by atomic mass is 10.1.